The highest BCUT2D eigenvalue weighted by molar-refractivity contribution is 4.96. The fraction of sp³-hybridized carbons (Fsp3) is 0.882. The van der Waals surface area contributed by atoms with Gasteiger partial charge in [-0.25, -0.2) is 0 Å². The minimum absolute atomic E-state index is 0.0508. The van der Waals surface area contributed by atoms with Crippen molar-refractivity contribution in [2.75, 3.05) is 46.1 Å². The third-order valence-electron chi connectivity index (χ3n) is 5.10. The number of hydrogen-bond acceptors (Lipinski definition) is 4. The molecule has 120 valence electrons. The smallest absolute Gasteiger partial charge is 0.0841 e. The molecule has 0 unspecified atom stereocenters. The van der Waals surface area contributed by atoms with Crippen LogP contribution in [0.3, 0.4) is 0 Å². The molecule has 2 atom stereocenters. The van der Waals surface area contributed by atoms with Crippen molar-refractivity contribution in [1.82, 2.24) is 4.90 Å². The molecule has 3 saturated heterocycles. The van der Waals surface area contributed by atoms with Gasteiger partial charge in [0.1, 0.15) is 0 Å². The van der Waals surface area contributed by atoms with Crippen molar-refractivity contribution in [2.45, 2.75) is 43.8 Å². The van der Waals surface area contributed by atoms with Gasteiger partial charge < -0.3 is 19.1 Å². The molecule has 0 radical (unpaired) electrons. The fourth-order valence-electron chi connectivity index (χ4n) is 4.04. The third-order valence-corrected chi connectivity index (χ3v) is 5.10. The maximum absolute atomic E-state index is 6.18. The molecule has 3 aliphatic heterocycles. The molecule has 21 heavy (non-hydrogen) atoms. The number of nitrogens with zero attached hydrogens (tertiary/aromatic N) is 1. The van der Waals surface area contributed by atoms with E-state index < -0.39 is 0 Å². The molecule has 4 nitrogen and oxygen atoms in total. The molecule has 0 aromatic carbocycles. The van der Waals surface area contributed by atoms with Crippen LogP contribution in [0.15, 0.2) is 12.7 Å². The van der Waals surface area contributed by atoms with Crippen molar-refractivity contribution in [3.63, 3.8) is 0 Å². The Labute approximate surface area is 128 Å². The second-order valence-electron chi connectivity index (χ2n) is 6.84. The van der Waals surface area contributed by atoms with E-state index in [1.54, 1.807) is 0 Å². The molecule has 3 fully saturated rings. The number of ether oxygens (including phenoxy) is 3. The Bertz CT molecular complexity index is 343. The van der Waals surface area contributed by atoms with E-state index >= 15 is 0 Å². The van der Waals surface area contributed by atoms with E-state index in [1.165, 1.54) is 38.8 Å². The molecule has 3 aliphatic rings. The summed E-state index contributed by atoms with van der Waals surface area (Å²) >= 11 is 0. The van der Waals surface area contributed by atoms with Crippen LogP contribution in [0.4, 0.5) is 0 Å². The van der Waals surface area contributed by atoms with Gasteiger partial charge in [0.25, 0.3) is 0 Å². The summed E-state index contributed by atoms with van der Waals surface area (Å²) in [5.41, 5.74) is 0.0508. The lowest BCUT2D eigenvalue weighted by Crippen LogP contribution is -2.49. The van der Waals surface area contributed by atoms with Gasteiger partial charge in [0.05, 0.1) is 24.9 Å². The van der Waals surface area contributed by atoms with E-state index in [2.05, 4.69) is 11.5 Å². The highest BCUT2D eigenvalue weighted by atomic mass is 16.6. The standard InChI is InChI=1S/C17H29NO3/c1-2-8-20-16-11-17(21-13-16)6-3-7-18(14-17)12-15-4-9-19-10-5-15/h2,15-16H,1,3-14H2/t16-,17-/m0/s1. The van der Waals surface area contributed by atoms with Gasteiger partial charge in [0, 0.05) is 32.7 Å². The molecule has 4 heteroatoms. The summed E-state index contributed by atoms with van der Waals surface area (Å²) in [6, 6.07) is 0. The van der Waals surface area contributed by atoms with Crippen LogP contribution < -0.4 is 0 Å². The second-order valence-corrected chi connectivity index (χ2v) is 6.84. The van der Waals surface area contributed by atoms with Gasteiger partial charge in [0.2, 0.25) is 0 Å². The highest BCUT2D eigenvalue weighted by Crippen LogP contribution is 2.36. The monoisotopic (exact) mass is 295 g/mol. The first-order valence-electron chi connectivity index (χ1n) is 8.46. The number of rotatable bonds is 5. The first kappa shape index (κ1) is 15.5. The Kier molecular flexibility index (Phi) is 5.33. The van der Waals surface area contributed by atoms with Gasteiger partial charge in [-0.1, -0.05) is 6.08 Å². The van der Waals surface area contributed by atoms with Crippen molar-refractivity contribution < 1.29 is 14.2 Å². The Morgan fingerprint density at radius 2 is 2.19 bits per heavy atom. The van der Waals surface area contributed by atoms with E-state index in [-0.39, 0.29) is 11.7 Å². The van der Waals surface area contributed by atoms with Crippen LogP contribution in [0, 0.1) is 5.92 Å². The van der Waals surface area contributed by atoms with Gasteiger partial charge in [-0.2, -0.15) is 0 Å². The molecule has 1 spiro atoms. The van der Waals surface area contributed by atoms with Crippen LogP contribution in [0.5, 0.6) is 0 Å². The Morgan fingerprint density at radius 3 is 3.00 bits per heavy atom. The van der Waals surface area contributed by atoms with Crippen LogP contribution in [0.1, 0.15) is 32.1 Å². The topological polar surface area (TPSA) is 30.9 Å². The quantitative estimate of drug-likeness (QED) is 0.728. The number of piperidine rings is 1. The molecule has 0 aliphatic carbocycles. The summed E-state index contributed by atoms with van der Waals surface area (Å²) < 4.78 is 17.4. The largest absolute Gasteiger partial charge is 0.381 e. The molecule has 0 bridgehead atoms. The van der Waals surface area contributed by atoms with Crippen molar-refractivity contribution in [2.24, 2.45) is 5.92 Å². The molecule has 0 aromatic rings. The predicted molar refractivity (Wildman–Crippen MR) is 82.5 cm³/mol. The van der Waals surface area contributed by atoms with Gasteiger partial charge >= 0.3 is 0 Å². The molecule has 0 saturated carbocycles. The SMILES string of the molecule is C=CCO[C@@H]1CO[C@@]2(CCCN(CC3CCOCC3)C2)C1. The van der Waals surface area contributed by atoms with Crippen LogP contribution in [0.2, 0.25) is 0 Å². The normalized spacial score (nSPS) is 35.3. The minimum Gasteiger partial charge on any atom is -0.381 e. The lowest BCUT2D eigenvalue weighted by molar-refractivity contribution is -0.0589. The summed E-state index contributed by atoms with van der Waals surface area (Å²) in [6.45, 7) is 10.5. The first-order valence-corrected chi connectivity index (χ1v) is 8.46. The van der Waals surface area contributed by atoms with Crippen molar-refractivity contribution in [3.05, 3.63) is 12.7 Å². The van der Waals surface area contributed by atoms with Crippen LogP contribution in [-0.2, 0) is 14.2 Å². The zero-order valence-electron chi connectivity index (χ0n) is 13.1. The van der Waals surface area contributed by atoms with Crippen LogP contribution >= 0.6 is 0 Å². The lowest BCUT2D eigenvalue weighted by atomic mass is 9.88. The Morgan fingerprint density at radius 1 is 1.33 bits per heavy atom. The zero-order valence-corrected chi connectivity index (χ0v) is 13.1. The minimum atomic E-state index is 0.0508. The van der Waals surface area contributed by atoms with E-state index in [4.69, 9.17) is 14.2 Å². The predicted octanol–water partition coefficient (Wildman–Crippen LogP) is 2.24. The highest BCUT2D eigenvalue weighted by Gasteiger charge is 2.44. The summed E-state index contributed by atoms with van der Waals surface area (Å²) in [5, 5.41) is 0. The second kappa shape index (κ2) is 7.23. The van der Waals surface area contributed by atoms with E-state index in [0.717, 1.165) is 38.7 Å². The number of likely N-dealkylation sites (tertiary alicyclic amines) is 1. The lowest BCUT2D eigenvalue weighted by Gasteiger charge is -2.41. The molecule has 0 N–H and O–H groups in total. The maximum Gasteiger partial charge on any atom is 0.0841 e. The first-order chi connectivity index (χ1) is 10.3. The molecule has 3 rings (SSSR count). The molecular formula is C17H29NO3. The summed E-state index contributed by atoms with van der Waals surface area (Å²) in [5.74, 6) is 0.808. The maximum atomic E-state index is 6.18. The van der Waals surface area contributed by atoms with Crippen molar-refractivity contribution in [3.8, 4) is 0 Å². The van der Waals surface area contributed by atoms with E-state index in [0.29, 0.717) is 6.61 Å². The molecule has 0 amide bonds. The summed E-state index contributed by atoms with van der Waals surface area (Å²) in [4.78, 5) is 2.62. The summed E-state index contributed by atoms with van der Waals surface area (Å²) in [7, 11) is 0. The fourth-order valence-corrected chi connectivity index (χ4v) is 4.04. The third kappa shape index (κ3) is 4.07. The van der Waals surface area contributed by atoms with Gasteiger partial charge in [-0.3, -0.25) is 0 Å². The van der Waals surface area contributed by atoms with Crippen LogP contribution in [-0.4, -0.2) is 62.7 Å². The van der Waals surface area contributed by atoms with E-state index in [1.807, 2.05) is 6.08 Å². The van der Waals surface area contributed by atoms with Crippen molar-refractivity contribution >= 4 is 0 Å². The summed E-state index contributed by atoms with van der Waals surface area (Å²) in [6.07, 6.45) is 7.99. The van der Waals surface area contributed by atoms with Crippen LogP contribution in [0.25, 0.3) is 0 Å². The average molecular weight is 295 g/mol. The molecular weight excluding hydrogens is 266 g/mol. The Hall–Kier alpha value is -0.420. The van der Waals surface area contributed by atoms with Gasteiger partial charge in [-0.15, -0.1) is 6.58 Å². The van der Waals surface area contributed by atoms with Gasteiger partial charge in [-0.05, 0) is 38.1 Å². The number of hydrogen-bond donors (Lipinski definition) is 0. The Balaban J connectivity index is 1.49. The zero-order chi connectivity index (χ0) is 14.5. The van der Waals surface area contributed by atoms with E-state index in [9.17, 15) is 0 Å². The molecule has 0 aromatic heterocycles. The van der Waals surface area contributed by atoms with Crippen molar-refractivity contribution in [1.29, 1.82) is 0 Å². The van der Waals surface area contributed by atoms with Gasteiger partial charge in [0.15, 0.2) is 0 Å². The average Bonchev–Trinajstić information content (AvgIpc) is 2.89. The molecule has 3 heterocycles.